The van der Waals surface area contributed by atoms with E-state index in [0.29, 0.717) is 27.6 Å². The zero-order valence-corrected chi connectivity index (χ0v) is 22.2. The van der Waals surface area contributed by atoms with Gasteiger partial charge in [-0.25, -0.2) is 14.6 Å². The van der Waals surface area contributed by atoms with Gasteiger partial charge >= 0.3 is 11.9 Å². The molecular weight excluding hydrogens is 524 g/mol. The molecule has 4 aromatic rings. The van der Waals surface area contributed by atoms with Crippen molar-refractivity contribution in [3.8, 4) is 11.3 Å². The topological polar surface area (TPSA) is 92.3 Å². The van der Waals surface area contributed by atoms with E-state index in [-0.39, 0.29) is 23.2 Å². The van der Waals surface area contributed by atoms with Crippen molar-refractivity contribution in [1.29, 1.82) is 0 Å². The Morgan fingerprint density at radius 1 is 1.18 bits per heavy atom. The lowest BCUT2D eigenvalue weighted by molar-refractivity contribution is 0.0525. The number of aliphatic imine (C=N–C) groups is 1. The fourth-order valence-corrected chi connectivity index (χ4v) is 5.89. The van der Waals surface area contributed by atoms with Crippen LogP contribution >= 0.6 is 22.9 Å². The van der Waals surface area contributed by atoms with Gasteiger partial charge in [-0.05, 0) is 54.8 Å². The lowest BCUT2D eigenvalue weighted by Gasteiger charge is -2.27. The van der Waals surface area contributed by atoms with Crippen LogP contribution in [0.3, 0.4) is 0 Å². The second kappa shape index (κ2) is 11.3. The Morgan fingerprint density at radius 2 is 2.00 bits per heavy atom. The van der Waals surface area contributed by atoms with Crippen molar-refractivity contribution < 1.29 is 23.8 Å². The molecule has 0 saturated carbocycles. The maximum absolute atomic E-state index is 12.9. The van der Waals surface area contributed by atoms with Crippen molar-refractivity contribution in [3.63, 3.8) is 0 Å². The highest BCUT2D eigenvalue weighted by atomic mass is 35.5. The number of carboxylic acids is 1. The fraction of sp³-hybridized carbons (Fsp3) is 0.207. The van der Waals surface area contributed by atoms with E-state index in [4.69, 9.17) is 20.8 Å². The Hall–Kier alpha value is -3.72. The molecule has 3 heterocycles. The second-order valence-electron chi connectivity index (χ2n) is 8.81. The molecule has 0 atom stereocenters. The Bertz CT molecular complexity index is 1510. The van der Waals surface area contributed by atoms with Crippen molar-refractivity contribution in [2.45, 2.75) is 26.4 Å². The zero-order valence-electron chi connectivity index (χ0n) is 20.6. The van der Waals surface area contributed by atoms with E-state index in [9.17, 15) is 14.7 Å². The summed E-state index contributed by atoms with van der Waals surface area (Å²) in [5, 5.41) is 10.1. The maximum Gasteiger partial charge on any atom is 0.341 e. The average Bonchev–Trinajstić information content (AvgIpc) is 3.52. The number of hydrogen-bond donors (Lipinski definition) is 1. The highest BCUT2D eigenvalue weighted by Crippen LogP contribution is 2.40. The Kier molecular flexibility index (Phi) is 7.74. The molecule has 1 N–H and O–H groups in total. The van der Waals surface area contributed by atoms with Gasteiger partial charge in [0.05, 0.1) is 29.0 Å². The number of halogens is 1. The molecule has 5 rings (SSSR count). The van der Waals surface area contributed by atoms with Crippen LogP contribution < -0.4 is 0 Å². The van der Waals surface area contributed by atoms with Crippen LogP contribution in [0.15, 0.2) is 70.1 Å². The van der Waals surface area contributed by atoms with Crippen molar-refractivity contribution in [1.82, 2.24) is 4.90 Å². The molecule has 1 aliphatic rings. The molecule has 0 amide bonds. The van der Waals surface area contributed by atoms with Gasteiger partial charge in [0.2, 0.25) is 0 Å². The third-order valence-corrected chi connectivity index (χ3v) is 7.72. The number of thiophene rings is 1. The van der Waals surface area contributed by atoms with Crippen LogP contribution in [-0.4, -0.2) is 41.3 Å². The van der Waals surface area contributed by atoms with Crippen LogP contribution in [-0.2, 0) is 24.2 Å². The van der Waals surface area contributed by atoms with Crippen molar-refractivity contribution in [3.05, 3.63) is 98.6 Å². The lowest BCUT2D eigenvalue weighted by atomic mass is 10.0. The van der Waals surface area contributed by atoms with Gasteiger partial charge in [0.1, 0.15) is 16.5 Å². The molecule has 0 bridgehead atoms. The summed E-state index contributed by atoms with van der Waals surface area (Å²) in [7, 11) is 0. The second-order valence-corrected chi connectivity index (χ2v) is 10.3. The van der Waals surface area contributed by atoms with E-state index in [1.165, 1.54) is 29.0 Å². The summed E-state index contributed by atoms with van der Waals surface area (Å²) in [6.45, 7) is 4.50. The number of esters is 1. The third-order valence-electron chi connectivity index (χ3n) is 6.26. The first-order chi connectivity index (χ1) is 18.4. The number of nitrogens with zero attached hydrogens (tertiary/aromatic N) is 2. The highest BCUT2D eigenvalue weighted by Gasteiger charge is 2.28. The smallest absolute Gasteiger partial charge is 0.341 e. The van der Waals surface area contributed by atoms with E-state index in [2.05, 4.69) is 22.0 Å². The maximum atomic E-state index is 12.9. The molecule has 0 saturated heterocycles. The van der Waals surface area contributed by atoms with Crippen LogP contribution in [0, 0.1) is 0 Å². The number of hydrogen-bond acceptors (Lipinski definition) is 7. The minimum absolute atomic E-state index is 0.000311. The molecule has 38 heavy (non-hydrogen) atoms. The quantitative estimate of drug-likeness (QED) is 0.191. The molecule has 0 aliphatic carbocycles. The monoisotopic (exact) mass is 548 g/mol. The number of benzene rings is 2. The van der Waals surface area contributed by atoms with E-state index < -0.39 is 5.97 Å². The lowest BCUT2D eigenvalue weighted by Crippen LogP contribution is -2.29. The first-order valence-corrected chi connectivity index (χ1v) is 13.4. The Balaban J connectivity index is 1.40. The SMILES string of the molecule is CCOC(=O)c1c(N=Cc2ccc(-c3ccc(Cl)c(C(=O)O)c3)o2)sc2c1CCN(Cc1ccccc1)C2. The summed E-state index contributed by atoms with van der Waals surface area (Å²) in [6.07, 6.45) is 2.31. The van der Waals surface area contributed by atoms with Gasteiger partial charge in [0, 0.05) is 30.1 Å². The van der Waals surface area contributed by atoms with Gasteiger partial charge in [-0.1, -0.05) is 41.9 Å². The number of fused-ring (bicyclic) bond motifs is 1. The number of aromatic carboxylic acids is 1. The first-order valence-electron chi connectivity index (χ1n) is 12.2. The van der Waals surface area contributed by atoms with Crippen molar-refractivity contribution in [2.75, 3.05) is 13.2 Å². The number of ether oxygens (including phenoxy) is 1. The highest BCUT2D eigenvalue weighted by molar-refractivity contribution is 7.16. The Morgan fingerprint density at radius 3 is 2.76 bits per heavy atom. The molecule has 0 spiro atoms. The van der Waals surface area contributed by atoms with Crippen molar-refractivity contribution in [2.24, 2.45) is 4.99 Å². The van der Waals surface area contributed by atoms with Crippen LogP contribution in [0.2, 0.25) is 5.02 Å². The van der Waals surface area contributed by atoms with E-state index in [0.717, 1.165) is 36.5 Å². The Labute approximate surface area is 229 Å². The number of rotatable bonds is 8. The molecule has 0 fully saturated rings. The standard InChI is InChI=1S/C29H25ClN2O5S/c1-2-36-29(35)26-21-12-13-32(16-18-6-4-3-5-7-18)17-25(21)38-27(26)31-15-20-9-11-24(37-20)19-8-10-23(30)22(14-19)28(33)34/h3-11,14-15H,2,12-13,16-17H2,1H3,(H,33,34). The summed E-state index contributed by atoms with van der Waals surface area (Å²) in [6, 6.07) is 18.5. The van der Waals surface area contributed by atoms with E-state index >= 15 is 0 Å². The number of carboxylic acid groups (broad SMARTS) is 1. The molecule has 7 nitrogen and oxygen atoms in total. The first kappa shape index (κ1) is 25.9. The summed E-state index contributed by atoms with van der Waals surface area (Å²) in [5.41, 5.74) is 3.37. The molecule has 2 aromatic heterocycles. The van der Waals surface area contributed by atoms with Gasteiger partial charge in [0.15, 0.2) is 0 Å². The van der Waals surface area contributed by atoms with Crippen LogP contribution in [0.25, 0.3) is 11.3 Å². The van der Waals surface area contributed by atoms with E-state index in [1.54, 1.807) is 31.3 Å². The molecule has 1 aliphatic heterocycles. The number of furan rings is 1. The minimum Gasteiger partial charge on any atom is -0.478 e. The average molecular weight is 549 g/mol. The minimum atomic E-state index is -1.11. The predicted molar refractivity (Wildman–Crippen MR) is 148 cm³/mol. The van der Waals surface area contributed by atoms with Gasteiger partial charge in [-0.15, -0.1) is 11.3 Å². The summed E-state index contributed by atoms with van der Waals surface area (Å²) in [4.78, 5) is 32.4. The third kappa shape index (κ3) is 5.57. The molecule has 0 unspecified atom stereocenters. The van der Waals surface area contributed by atoms with Gasteiger partial charge in [0.25, 0.3) is 0 Å². The van der Waals surface area contributed by atoms with Crippen LogP contribution in [0.5, 0.6) is 0 Å². The normalized spacial score (nSPS) is 13.5. The zero-order chi connectivity index (χ0) is 26.6. The predicted octanol–water partition coefficient (Wildman–Crippen LogP) is 6.85. The van der Waals surface area contributed by atoms with Crippen LogP contribution in [0.1, 0.15) is 49.4 Å². The van der Waals surface area contributed by atoms with Gasteiger partial charge < -0.3 is 14.3 Å². The van der Waals surface area contributed by atoms with Gasteiger partial charge in [-0.3, -0.25) is 4.90 Å². The number of carbonyl (C=O) groups is 2. The summed E-state index contributed by atoms with van der Waals surface area (Å²) in [5.74, 6) is -0.520. The largest absolute Gasteiger partial charge is 0.478 e. The fourth-order valence-electron chi connectivity index (χ4n) is 4.47. The summed E-state index contributed by atoms with van der Waals surface area (Å²) >= 11 is 7.48. The molecule has 0 radical (unpaired) electrons. The van der Waals surface area contributed by atoms with E-state index in [1.807, 2.05) is 18.2 Å². The van der Waals surface area contributed by atoms with Crippen molar-refractivity contribution >= 4 is 46.1 Å². The number of carbonyl (C=O) groups excluding carboxylic acids is 1. The molecule has 9 heteroatoms. The molecule has 194 valence electrons. The van der Waals surface area contributed by atoms with Crippen LogP contribution in [0.4, 0.5) is 5.00 Å². The summed E-state index contributed by atoms with van der Waals surface area (Å²) < 4.78 is 11.3. The molecule has 2 aromatic carbocycles. The van der Waals surface area contributed by atoms with Gasteiger partial charge in [-0.2, -0.15) is 0 Å². The molecular formula is C29H25ClN2O5S.